The number of aldehydes is 1. The molecule has 0 bridgehead atoms. The summed E-state index contributed by atoms with van der Waals surface area (Å²) >= 11 is 7.31. The van der Waals surface area contributed by atoms with Crippen LogP contribution < -0.4 is 0 Å². The number of oxazole rings is 1. The summed E-state index contributed by atoms with van der Waals surface area (Å²) in [6.45, 7) is 3.76. The van der Waals surface area contributed by atoms with Gasteiger partial charge < -0.3 is 4.42 Å². The Balaban J connectivity index is 2.24. The lowest BCUT2D eigenvalue weighted by atomic mass is 10.2. The average Bonchev–Trinajstić information content (AvgIpc) is 2.58. The molecule has 0 amide bonds. The van der Waals surface area contributed by atoms with Crippen LogP contribution in [0.25, 0.3) is 0 Å². The number of carbonyl (C=O) groups is 1. The second-order valence-electron chi connectivity index (χ2n) is 3.52. The van der Waals surface area contributed by atoms with Crippen LogP contribution in [0.5, 0.6) is 0 Å². The highest BCUT2D eigenvalue weighted by Crippen LogP contribution is 2.30. The van der Waals surface area contributed by atoms with Gasteiger partial charge in [-0.15, -0.1) is 0 Å². The van der Waals surface area contributed by atoms with Crippen LogP contribution in [-0.4, -0.2) is 11.3 Å². The first-order valence-corrected chi connectivity index (χ1v) is 6.16. The third-order valence-electron chi connectivity index (χ3n) is 2.31. The maximum absolute atomic E-state index is 10.6. The number of aryl methyl sites for hydroxylation is 2. The molecule has 0 spiro atoms. The summed E-state index contributed by atoms with van der Waals surface area (Å²) in [6.07, 6.45) is 0.732. The van der Waals surface area contributed by atoms with Crippen molar-refractivity contribution in [3.8, 4) is 0 Å². The van der Waals surface area contributed by atoms with Gasteiger partial charge >= 0.3 is 0 Å². The van der Waals surface area contributed by atoms with Gasteiger partial charge in [0.05, 0.1) is 10.7 Å². The number of carbonyl (C=O) groups excluding carboxylic acids is 1. The zero-order chi connectivity index (χ0) is 12.4. The van der Waals surface area contributed by atoms with Crippen molar-refractivity contribution in [1.82, 2.24) is 4.98 Å². The molecule has 0 aliphatic carbocycles. The smallest absolute Gasteiger partial charge is 0.260 e. The fraction of sp³-hybridized carbons (Fsp3) is 0.167. The zero-order valence-electron chi connectivity index (χ0n) is 9.36. The van der Waals surface area contributed by atoms with Crippen molar-refractivity contribution in [1.29, 1.82) is 0 Å². The number of hydrogen-bond donors (Lipinski definition) is 0. The molecule has 0 radical (unpaired) electrons. The first-order valence-electron chi connectivity index (χ1n) is 4.97. The fourth-order valence-electron chi connectivity index (χ4n) is 1.25. The quantitative estimate of drug-likeness (QED) is 0.791. The van der Waals surface area contributed by atoms with Gasteiger partial charge in [-0.3, -0.25) is 4.79 Å². The summed E-state index contributed by atoms with van der Waals surface area (Å²) in [5, 5.41) is 1.01. The van der Waals surface area contributed by atoms with Crippen molar-refractivity contribution in [2.75, 3.05) is 0 Å². The molecule has 1 aromatic carbocycles. The van der Waals surface area contributed by atoms with E-state index in [0.29, 0.717) is 15.8 Å². The van der Waals surface area contributed by atoms with Crippen molar-refractivity contribution >= 4 is 29.6 Å². The summed E-state index contributed by atoms with van der Waals surface area (Å²) in [5.41, 5.74) is 1.36. The van der Waals surface area contributed by atoms with Crippen molar-refractivity contribution in [3.05, 3.63) is 40.2 Å². The minimum atomic E-state index is 0.435. The van der Waals surface area contributed by atoms with Crippen LogP contribution in [0, 0.1) is 13.8 Å². The van der Waals surface area contributed by atoms with Crippen molar-refractivity contribution in [3.63, 3.8) is 0 Å². The lowest BCUT2D eigenvalue weighted by Crippen LogP contribution is -1.82. The number of aromatic nitrogens is 1. The minimum absolute atomic E-state index is 0.435. The molecule has 1 heterocycles. The number of hydrogen-bond acceptors (Lipinski definition) is 4. The highest BCUT2D eigenvalue weighted by molar-refractivity contribution is 7.99. The van der Waals surface area contributed by atoms with Crippen molar-refractivity contribution in [2.24, 2.45) is 0 Å². The van der Waals surface area contributed by atoms with Crippen molar-refractivity contribution in [2.45, 2.75) is 24.0 Å². The SMILES string of the molecule is Cc1nc(Sc2ccc(C=O)c(Cl)c2)oc1C. The summed E-state index contributed by atoms with van der Waals surface area (Å²) in [4.78, 5) is 15.8. The summed E-state index contributed by atoms with van der Waals surface area (Å²) in [6, 6.07) is 5.22. The monoisotopic (exact) mass is 267 g/mol. The topological polar surface area (TPSA) is 43.1 Å². The van der Waals surface area contributed by atoms with E-state index in [-0.39, 0.29) is 0 Å². The predicted molar refractivity (Wildman–Crippen MR) is 66.9 cm³/mol. The standard InChI is InChI=1S/C12H10ClNO2S/c1-7-8(2)16-12(14-7)17-10-4-3-9(6-15)11(13)5-10/h3-6H,1-2H3. The molecule has 0 saturated carbocycles. The van der Waals surface area contributed by atoms with Crippen LogP contribution in [0.4, 0.5) is 0 Å². The Labute approximate surface area is 108 Å². The fourth-order valence-corrected chi connectivity index (χ4v) is 2.41. The van der Waals surface area contributed by atoms with Gasteiger partial charge in [0.2, 0.25) is 0 Å². The first kappa shape index (κ1) is 12.2. The number of benzene rings is 1. The molecular formula is C12H10ClNO2S. The molecule has 1 aromatic heterocycles. The molecule has 2 rings (SSSR count). The summed E-state index contributed by atoms with van der Waals surface area (Å²) in [7, 11) is 0. The van der Waals surface area contributed by atoms with Gasteiger partial charge in [0, 0.05) is 10.5 Å². The second kappa shape index (κ2) is 4.94. The summed E-state index contributed by atoms with van der Waals surface area (Å²) < 4.78 is 5.45. The maximum Gasteiger partial charge on any atom is 0.260 e. The van der Waals surface area contributed by atoms with Gasteiger partial charge in [-0.25, -0.2) is 4.98 Å². The molecule has 2 aromatic rings. The van der Waals surface area contributed by atoms with Gasteiger partial charge in [-0.1, -0.05) is 11.6 Å². The van der Waals surface area contributed by atoms with Gasteiger partial charge in [0.1, 0.15) is 5.76 Å². The molecule has 0 fully saturated rings. The molecule has 0 atom stereocenters. The normalized spacial score (nSPS) is 10.5. The maximum atomic E-state index is 10.6. The predicted octanol–water partition coefficient (Wildman–Crippen LogP) is 3.91. The van der Waals surface area contributed by atoms with E-state index in [1.807, 2.05) is 19.9 Å². The number of halogens is 1. The van der Waals surface area contributed by atoms with E-state index >= 15 is 0 Å². The lowest BCUT2D eigenvalue weighted by Gasteiger charge is -1.99. The summed E-state index contributed by atoms with van der Waals surface area (Å²) in [5.74, 6) is 0.808. The molecule has 0 N–H and O–H groups in total. The Morgan fingerprint density at radius 1 is 1.41 bits per heavy atom. The lowest BCUT2D eigenvalue weighted by molar-refractivity contribution is 0.112. The molecule has 0 unspecified atom stereocenters. The number of rotatable bonds is 3. The highest BCUT2D eigenvalue weighted by Gasteiger charge is 2.08. The average molecular weight is 268 g/mol. The Bertz CT molecular complexity index is 546. The van der Waals surface area contributed by atoms with E-state index in [4.69, 9.17) is 16.0 Å². The van der Waals surface area contributed by atoms with E-state index in [9.17, 15) is 4.79 Å². The minimum Gasteiger partial charge on any atom is -0.436 e. The van der Waals surface area contributed by atoms with Crippen molar-refractivity contribution < 1.29 is 9.21 Å². The van der Waals surface area contributed by atoms with Gasteiger partial charge in [-0.2, -0.15) is 0 Å². The Morgan fingerprint density at radius 2 is 2.18 bits per heavy atom. The van der Waals surface area contributed by atoms with E-state index < -0.39 is 0 Å². The molecule has 0 aliphatic heterocycles. The third kappa shape index (κ3) is 2.70. The van der Waals surface area contributed by atoms with Crippen LogP contribution in [0.3, 0.4) is 0 Å². The highest BCUT2D eigenvalue weighted by atomic mass is 35.5. The van der Waals surface area contributed by atoms with E-state index in [1.54, 1.807) is 12.1 Å². The second-order valence-corrected chi connectivity index (χ2v) is 4.96. The molecule has 5 heteroatoms. The Hall–Kier alpha value is -1.26. The molecule has 88 valence electrons. The Morgan fingerprint density at radius 3 is 2.71 bits per heavy atom. The molecule has 0 aliphatic rings. The third-order valence-corrected chi connectivity index (χ3v) is 3.48. The first-order chi connectivity index (χ1) is 8.10. The molecule has 0 saturated heterocycles. The van der Waals surface area contributed by atoms with Crippen LogP contribution in [0.1, 0.15) is 21.8 Å². The van der Waals surface area contributed by atoms with E-state index in [0.717, 1.165) is 22.6 Å². The van der Waals surface area contributed by atoms with Crippen LogP contribution in [0.2, 0.25) is 5.02 Å². The van der Waals surface area contributed by atoms with Crippen LogP contribution in [0.15, 0.2) is 32.7 Å². The molecule has 3 nitrogen and oxygen atoms in total. The Kier molecular flexibility index (Phi) is 3.54. The number of nitrogens with zero attached hydrogens (tertiary/aromatic N) is 1. The van der Waals surface area contributed by atoms with E-state index in [2.05, 4.69) is 4.98 Å². The van der Waals surface area contributed by atoms with Gasteiger partial charge in [0.15, 0.2) is 6.29 Å². The molecular weight excluding hydrogens is 258 g/mol. The van der Waals surface area contributed by atoms with Gasteiger partial charge in [0.25, 0.3) is 5.22 Å². The van der Waals surface area contributed by atoms with Crippen LogP contribution >= 0.6 is 23.4 Å². The molecule has 17 heavy (non-hydrogen) atoms. The van der Waals surface area contributed by atoms with Crippen LogP contribution in [-0.2, 0) is 0 Å². The van der Waals surface area contributed by atoms with E-state index in [1.165, 1.54) is 11.8 Å². The zero-order valence-corrected chi connectivity index (χ0v) is 10.9. The largest absolute Gasteiger partial charge is 0.436 e. The van der Waals surface area contributed by atoms with Gasteiger partial charge in [-0.05, 0) is 43.8 Å².